The average molecular weight is 511 g/mol. The van der Waals surface area contributed by atoms with Gasteiger partial charge in [0.15, 0.2) is 11.0 Å². The van der Waals surface area contributed by atoms with Gasteiger partial charge >= 0.3 is 0 Å². The molecule has 1 amide bonds. The van der Waals surface area contributed by atoms with Crippen LogP contribution in [0, 0.1) is 6.92 Å². The van der Waals surface area contributed by atoms with Crippen LogP contribution in [0.5, 0.6) is 0 Å². The minimum absolute atomic E-state index is 0. The normalized spacial score (nSPS) is 16.9. The molecule has 2 aliphatic heterocycles. The van der Waals surface area contributed by atoms with Gasteiger partial charge in [-0.3, -0.25) is 9.89 Å². The van der Waals surface area contributed by atoms with Gasteiger partial charge in [-0.15, -0.1) is 0 Å². The van der Waals surface area contributed by atoms with Crippen LogP contribution in [0.3, 0.4) is 0 Å². The Labute approximate surface area is 219 Å². The van der Waals surface area contributed by atoms with Crippen LogP contribution >= 0.6 is 11.8 Å². The first kappa shape index (κ1) is 24.6. The smallest absolute Gasteiger partial charge is 0.224 e. The van der Waals surface area contributed by atoms with E-state index in [-0.39, 0.29) is 8.76 Å². The summed E-state index contributed by atoms with van der Waals surface area (Å²) in [6.07, 6.45) is 5.45. The molecule has 3 aromatic rings. The number of aromatic amines is 1. The minimum atomic E-state index is 0. The highest BCUT2D eigenvalue weighted by atomic mass is 32.2. The number of piperidine rings is 1. The lowest BCUT2D eigenvalue weighted by molar-refractivity contribution is -0.115. The van der Waals surface area contributed by atoms with Gasteiger partial charge in [0.05, 0.1) is 0 Å². The Morgan fingerprint density at radius 2 is 1.83 bits per heavy atom. The second kappa shape index (κ2) is 11.3. The van der Waals surface area contributed by atoms with Crippen LogP contribution < -0.4 is 15.5 Å². The Bertz CT molecular complexity index is 1180. The number of hydrogen-bond acceptors (Lipinski definition) is 8. The van der Waals surface area contributed by atoms with E-state index in [1.165, 1.54) is 50.5 Å². The van der Waals surface area contributed by atoms with Gasteiger partial charge in [0, 0.05) is 56.8 Å². The lowest BCUT2D eigenvalue weighted by atomic mass is 10.0. The first-order valence-corrected chi connectivity index (χ1v) is 13.6. The SMILES string of the molecule is CCC(=O)Nc1ccc(Sc2nc(Nc3cc(C)[nH]n3)cc(N3CCC(N4CCCC4)CC3)n2)cc1.[HH].[HH]. The first-order valence-electron chi connectivity index (χ1n) is 12.8. The van der Waals surface area contributed by atoms with Gasteiger partial charge in [-0.1, -0.05) is 6.92 Å². The summed E-state index contributed by atoms with van der Waals surface area (Å²) in [6.45, 7) is 8.30. The second-order valence-corrected chi connectivity index (χ2v) is 10.5. The van der Waals surface area contributed by atoms with E-state index >= 15 is 0 Å². The Morgan fingerprint density at radius 1 is 1.08 bits per heavy atom. The van der Waals surface area contributed by atoms with E-state index in [0.29, 0.717) is 17.6 Å². The third-order valence-electron chi connectivity index (χ3n) is 6.77. The maximum Gasteiger partial charge on any atom is 0.224 e. The average Bonchev–Trinajstić information content (AvgIpc) is 3.57. The van der Waals surface area contributed by atoms with Crippen molar-refractivity contribution in [2.24, 2.45) is 0 Å². The quantitative estimate of drug-likeness (QED) is 0.351. The fraction of sp³-hybridized carbons (Fsp3) is 0.462. The number of likely N-dealkylation sites (tertiary alicyclic amines) is 1. The number of aromatic nitrogens is 4. The fourth-order valence-corrected chi connectivity index (χ4v) is 5.59. The van der Waals surface area contributed by atoms with E-state index in [2.05, 4.69) is 30.6 Å². The van der Waals surface area contributed by atoms with Crippen molar-refractivity contribution in [3.05, 3.63) is 42.1 Å². The van der Waals surface area contributed by atoms with Gasteiger partial charge in [0.2, 0.25) is 5.91 Å². The molecule has 36 heavy (non-hydrogen) atoms. The molecule has 2 aromatic heterocycles. The van der Waals surface area contributed by atoms with E-state index in [1.54, 1.807) is 0 Å². The molecule has 0 unspecified atom stereocenters. The lowest BCUT2D eigenvalue weighted by Gasteiger charge is -2.37. The zero-order valence-corrected chi connectivity index (χ0v) is 21.8. The zero-order chi connectivity index (χ0) is 24.9. The molecule has 0 saturated carbocycles. The summed E-state index contributed by atoms with van der Waals surface area (Å²) in [5, 5.41) is 14.2. The van der Waals surface area contributed by atoms with Crippen molar-refractivity contribution in [1.82, 2.24) is 25.1 Å². The van der Waals surface area contributed by atoms with Gasteiger partial charge in [0.1, 0.15) is 11.6 Å². The van der Waals surface area contributed by atoms with E-state index in [4.69, 9.17) is 9.97 Å². The molecule has 9 nitrogen and oxygen atoms in total. The van der Waals surface area contributed by atoms with Gasteiger partial charge in [-0.2, -0.15) is 5.10 Å². The van der Waals surface area contributed by atoms with Crippen molar-refractivity contribution in [3.8, 4) is 0 Å². The van der Waals surface area contributed by atoms with Crippen molar-refractivity contribution in [3.63, 3.8) is 0 Å². The molecule has 2 aliphatic rings. The van der Waals surface area contributed by atoms with E-state index in [0.717, 1.165) is 46.8 Å². The molecule has 194 valence electrons. The third-order valence-corrected chi connectivity index (χ3v) is 7.64. The Kier molecular flexibility index (Phi) is 7.72. The number of aryl methyl sites for hydroxylation is 1. The molecule has 0 radical (unpaired) electrons. The van der Waals surface area contributed by atoms with Gasteiger partial charge in [0.25, 0.3) is 0 Å². The van der Waals surface area contributed by atoms with Crippen molar-refractivity contribution >= 4 is 40.8 Å². The largest absolute Gasteiger partial charge is 0.356 e. The van der Waals surface area contributed by atoms with E-state index < -0.39 is 0 Å². The summed E-state index contributed by atoms with van der Waals surface area (Å²) in [6, 6.07) is 12.5. The Balaban J connectivity index is 0.00000200. The van der Waals surface area contributed by atoms with Crippen LogP contribution in [-0.2, 0) is 4.79 Å². The maximum atomic E-state index is 11.7. The maximum absolute atomic E-state index is 11.7. The van der Waals surface area contributed by atoms with Gasteiger partial charge < -0.3 is 20.4 Å². The topological polar surface area (TPSA) is 102 Å². The van der Waals surface area contributed by atoms with Crippen molar-refractivity contribution in [2.75, 3.05) is 41.7 Å². The van der Waals surface area contributed by atoms with Crippen molar-refractivity contribution in [1.29, 1.82) is 0 Å². The standard InChI is InChI=1S/C26H34N8OS.2H2/c1-3-25(35)27-19-6-8-21(9-7-19)36-26-29-22(28-23-16-18(2)31-32-23)17-24(30-26)34-14-10-20(11-15-34)33-12-4-5-13-33;;/h6-9,16-17,20H,3-5,10-15H2,1-2H3,(H,27,35)(H2,28,29,30,31,32);2*1H. The molecule has 0 aliphatic carbocycles. The molecule has 2 fully saturated rings. The number of amides is 1. The summed E-state index contributed by atoms with van der Waals surface area (Å²) < 4.78 is 0. The molecule has 0 atom stereocenters. The number of rotatable bonds is 8. The second-order valence-electron chi connectivity index (χ2n) is 9.44. The first-order chi connectivity index (χ1) is 17.6. The number of nitrogens with one attached hydrogen (secondary N) is 3. The summed E-state index contributed by atoms with van der Waals surface area (Å²) in [5.41, 5.74) is 1.78. The molecule has 0 spiro atoms. The van der Waals surface area contributed by atoms with Crippen LogP contribution in [0.1, 0.15) is 47.6 Å². The summed E-state index contributed by atoms with van der Waals surface area (Å²) in [5.74, 6) is 2.40. The molecule has 5 rings (SSSR count). The van der Waals surface area contributed by atoms with E-state index in [9.17, 15) is 4.79 Å². The molecule has 3 N–H and O–H groups in total. The number of hydrogen-bond donors (Lipinski definition) is 3. The van der Waals surface area contributed by atoms with E-state index in [1.807, 2.05) is 50.2 Å². The Morgan fingerprint density at radius 3 is 2.50 bits per heavy atom. The van der Waals surface area contributed by atoms with Crippen LogP contribution in [0.4, 0.5) is 23.1 Å². The van der Waals surface area contributed by atoms with Crippen molar-refractivity contribution < 1.29 is 7.65 Å². The summed E-state index contributed by atoms with van der Waals surface area (Å²) in [7, 11) is 0. The monoisotopic (exact) mass is 510 g/mol. The molecule has 4 heterocycles. The van der Waals surface area contributed by atoms with Crippen LogP contribution in [0.25, 0.3) is 0 Å². The molecule has 10 heteroatoms. The molecular weight excluding hydrogens is 472 g/mol. The number of carbonyl (C=O) groups is 1. The van der Waals surface area contributed by atoms with Gasteiger partial charge in [-0.25, -0.2) is 9.97 Å². The minimum Gasteiger partial charge on any atom is -0.356 e. The van der Waals surface area contributed by atoms with Crippen LogP contribution in [0.15, 0.2) is 46.5 Å². The molecule has 1 aromatic carbocycles. The van der Waals surface area contributed by atoms with Crippen LogP contribution in [-0.4, -0.2) is 63.2 Å². The number of nitrogens with zero attached hydrogens (tertiary/aromatic N) is 5. The lowest BCUT2D eigenvalue weighted by Crippen LogP contribution is -2.44. The third kappa shape index (κ3) is 6.17. The van der Waals surface area contributed by atoms with Crippen LogP contribution in [0.2, 0.25) is 0 Å². The summed E-state index contributed by atoms with van der Waals surface area (Å²) >= 11 is 1.51. The number of benzene rings is 1. The highest BCUT2D eigenvalue weighted by Gasteiger charge is 2.27. The fourth-order valence-electron chi connectivity index (χ4n) is 4.83. The molecule has 2 saturated heterocycles. The zero-order valence-electron chi connectivity index (χ0n) is 21.0. The number of H-pyrrole nitrogens is 1. The molecular formula is C26H38N8OS. The number of anilines is 4. The summed E-state index contributed by atoms with van der Waals surface area (Å²) in [4.78, 5) is 27.4. The molecule has 0 bridgehead atoms. The predicted molar refractivity (Wildman–Crippen MR) is 148 cm³/mol. The highest BCUT2D eigenvalue weighted by Crippen LogP contribution is 2.31. The predicted octanol–water partition coefficient (Wildman–Crippen LogP) is 5.31. The highest BCUT2D eigenvalue weighted by molar-refractivity contribution is 7.99. The van der Waals surface area contributed by atoms with Gasteiger partial charge in [-0.05, 0) is 81.7 Å². The Hall–Kier alpha value is -3.11. The number of carbonyl (C=O) groups excluding carboxylic acids is 1. The van der Waals surface area contributed by atoms with Crippen molar-refractivity contribution in [2.45, 2.75) is 62.0 Å².